The highest BCUT2D eigenvalue weighted by Gasteiger charge is 2.34. The molecule has 0 radical (unpaired) electrons. The molecule has 0 aliphatic rings. The second-order valence-electron chi connectivity index (χ2n) is 4.10. The van der Waals surface area contributed by atoms with Crippen LogP contribution >= 0.6 is 0 Å². The maximum atomic E-state index is 9.97. The SMILES string of the molecule is O/C(=C(/O)C(O)(O)c1ccccc1)c1ccccc1. The number of benzene rings is 2. The highest BCUT2D eigenvalue weighted by Crippen LogP contribution is 2.29. The second kappa shape index (κ2) is 5.14. The van der Waals surface area contributed by atoms with Crippen molar-refractivity contribution in [2.75, 3.05) is 0 Å². The van der Waals surface area contributed by atoms with Gasteiger partial charge in [0.05, 0.1) is 0 Å². The van der Waals surface area contributed by atoms with E-state index in [4.69, 9.17) is 0 Å². The Bertz CT molecular complexity index is 574. The Hall–Kier alpha value is -2.30. The van der Waals surface area contributed by atoms with Crippen LogP contribution in [0, 0.1) is 0 Å². The second-order valence-corrected chi connectivity index (χ2v) is 4.10. The van der Waals surface area contributed by atoms with Crippen molar-refractivity contribution in [3.05, 3.63) is 77.5 Å². The summed E-state index contributed by atoms with van der Waals surface area (Å²) in [5.41, 5.74) is 0.360. The van der Waals surface area contributed by atoms with Crippen LogP contribution in [0.3, 0.4) is 0 Å². The summed E-state index contributed by atoms with van der Waals surface area (Å²) in [6.45, 7) is 0. The molecule has 0 spiro atoms. The van der Waals surface area contributed by atoms with Gasteiger partial charge in [-0.3, -0.25) is 0 Å². The van der Waals surface area contributed by atoms with Crippen LogP contribution in [0.4, 0.5) is 0 Å². The zero-order chi connectivity index (χ0) is 13.9. The topological polar surface area (TPSA) is 80.9 Å². The van der Waals surface area contributed by atoms with Crippen LogP contribution < -0.4 is 0 Å². The predicted molar refractivity (Wildman–Crippen MR) is 71.2 cm³/mol. The first-order valence-corrected chi connectivity index (χ1v) is 5.72. The lowest BCUT2D eigenvalue weighted by atomic mass is 10.0. The van der Waals surface area contributed by atoms with Gasteiger partial charge in [-0.15, -0.1) is 0 Å². The van der Waals surface area contributed by atoms with Gasteiger partial charge in [0, 0.05) is 11.1 Å². The molecule has 4 heteroatoms. The quantitative estimate of drug-likeness (QED) is 0.503. The lowest BCUT2D eigenvalue weighted by molar-refractivity contribution is -0.160. The van der Waals surface area contributed by atoms with E-state index >= 15 is 0 Å². The number of hydrogen-bond acceptors (Lipinski definition) is 4. The molecule has 0 heterocycles. The maximum Gasteiger partial charge on any atom is 0.254 e. The molecule has 0 aromatic heterocycles. The zero-order valence-electron chi connectivity index (χ0n) is 10.1. The van der Waals surface area contributed by atoms with E-state index in [2.05, 4.69) is 0 Å². The van der Waals surface area contributed by atoms with Gasteiger partial charge in [-0.25, -0.2) is 0 Å². The summed E-state index contributed by atoms with van der Waals surface area (Å²) in [6.07, 6.45) is 0. The molecule has 0 atom stereocenters. The van der Waals surface area contributed by atoms with Gasteiger partial charge in [0.1, 0.15) is 0 Å². The lowest BCUT2D eigenvalue weighted by Gasteiger charge is -2.22. The molecular formula is C15H14O4. The fourth-order valence-electron chi connectivity index (χ4n) is 1.71. The van der Waals surface area contributed by atoms with Gasteiger partial charge in [0.2, 0.25) is 0 Å². The third-order valence-corrected chi connectivity index (χ3v) is 2.78. The molecule has 0 aliphatic carbocycles. The van der Waals surface area contributed by atoms with Gasteiger partial charge in [0.15, 0.2) is 11.5 Å². The summed E-state index contributed by atoms with van der Waals surface area (Å²) < 4.78 is 0. The molecule has 19 heavy (non-hydrogen) atoms. The zero-order valence-corrected chi connectivity index (χ0v) is 10.1. The molecule has 0 saturated heterocycles. The van der Waals surface area contributed by atoms with E-state index < -0.39 is 17.3 Å². The fourth-order valence-corrected chi connectivity index (χ4v) is 1.71. The number of aliphatic hydroxyl groups excluding tert-OH is 2. The molecule has 0 bridgehead atoms. The third-order valence-electron chi connectivity index (χ3n) is 2.78. The van der Waals surface area contributed by atoms with Crippen molar-refractivity contribution in [2.45, 2.75) is 5.79 Å². The van der Waals surface area contributed by atoms with Gasteiger partial charge in [0.25, 0.3) is 5.79 Å². The summed E-state index contributed by atoms with van der Waals surface area (Å²) in [7, 11) is 0. The number of hydrogen-bond donors (Lipinski definition) is 4. The minimum atomic E-state index is -2.64. The van der Waals surface area contributed by atoms with Gasteiger partial charge in [-0.05, 0) is 0 Å². The standard InChI is InChI=1S/C15H14O4/c16-13(11-7-3-1-4-8-11)14(17)15(18,19)12-9-5-2-6-10-12/h1-10,16-19H/b14-13+. The Morgan fingerprint density at radius 3 is 1.74 bits per heavy atom. The van der Waals surface area contributed by atoms with Crippen molar-refractivity contribution in [3.8, 4) is 0 Å². The van der Waals surface area contributed by atoms with E-state index in [1.165, 1.54) is 12.1 Å². The van der Waals surface area contributed by atoms with E-state index in [9.17, 15) is 20.4 Å². The predicted octanol–water partition coefficient (Wildman–Crippen LogP) is 2.31. The van der Waals surface area contributed by atoms with Crippen molar-refractivity contribution in [2.24, 2.45) is 0 Å². The average molecular weight is 258 g/mol. The molecule has 2 aromatic carbocycles. The van der Waals surface area contributed by atoms with E-state index in [1.807, 2.05) is 0 Å². The Balaban J connectivity index is 2.46. The van der Waals surface area contributed by atoms with E-state index in [0.29, 0.717) is 5.56 Å². The molecule has 0 fully saturated rings. The summed E-state index contributed by atoms with van der Waals surface area (Å²) in [4.78, 5) is 0. The van der Waals surface area contributed by atoms with Crippen molar-refractivity contribution in [1.29, 1.82) is 0 Å². The first-order chi connectivity index (χ1) is 9.03. The van der Waals surface area contributed by atoms with Gasteiger partial charge < -0.3 is 20.4 Å². The molecular weight excluding hydrogens is 244 g/mol. The Morgan fingerprint density at radius 1 is 0.737 bits per heavy atom. The first kappa shape index (κ1) is 13.1. The Morgan fingerprint density at radius 2 is 1.21 bits per heavy atom. The Kier molecular flexibility index (Phi) is 3.55. The van der Waals surface area contributed by atoms with Crippen molar-refractivity contribution in [3.63, 3.8) is 0 Å². The smallest absolute Gasteiger partial charge is 0.254 e. The lowest BCUT2D eigenvalue weighted by Crippen LogP contribution is -2.28. The normalized spacial score (nSPS) is 12.9. The maximum absolute atomic E-state index is 9.97. The number of aliphatic hydroxyl groups is 4. The Labute approximate surface area is 110 Å². The highest BCUT2D eigenvalue weighted by molar-refractivity contribution is 5.61. The van der Waals surface area contributed by atoms with Crippen LogP contribution in [-0.2, 0) is 5.79 Å². The third kappa shape index (κ3) is 2.59. The van der Waals surface area contributed by atoms with E-state index in [0.717, 1.165) is 0 Å². The molecule has 2 rings (SSSR count). The van der Waals surface area contributed by atoms with E-state index in [1.54, 1.807) is 48.5 Å². The average Bonchev–Trinajstić information content (AvgIpc) is 2.47. The monoisotopic (exact) mass is 258 g/mol. The minimum Gasteiger partial charge on any atom is -0.504 e. The summed E-state index contributed by atoms with van der Waals surface area (Å²) in [6, 6.07) is 16.0. The summed E-state index contributed by atoms with van der Waals surface area (Å²) in [5, 5.41) is 39.7. The van der Waals surface area contributed by atoms with Gasteiger partial charge in [-0.2, -0.15) is 0 Å². The van der Waals surface area contributed by atoms with Crippen molar-refractivity contribution in [1.82, 2.24) is 0 Å². The van der Waals surface area contributed by atoms with Crippen LogP contribution in [0.15, 0.2) is 66.4 Å². The van der Waals surface area contributed by atoms with Crippen LogP contribution in [0.2, 0.25) is 0 Å². The molecule has 0 saturated carbocycles. The molecule has 0 aliphatic heterocycles. The fraction of sp³-hybridized carbons (Fsp3) is 0.0667. The van der Waals surface area contributed by atoms with Crippen LogP contribution in [0.1, 0.15) is 11.1 Å². The summed E-state index contributed by atoms with van der Waals surface area (Å²) >= 11 is 0. The molecule has 0 amide bonds. The minimum absolute atomic E-state index is 0.0648. The van der Waals surface area contributed by atoms with Crippen molar-refractivity contribution < 1.29 is 20.4 Å². The van der Waals surface area contributed by atoms with Gasteiger partial charge >= 0.3 is 0 Å². The van der Waals surface area contributed by atoms with Crippen LogP contribution in [0.25, 0.3) is 5.76 Å². The van der Waals surface area contributed by atoms with Crippen molar-refractivity contribution >= 4 is 5.76 Å². The molecule has 98 valence electrons. The molecule has 4 N–H and O–H groups in total. The van der Waals surface area contributed by atoms with Crippen LogP contribution in [-0.4, -0.2) is 20.4 Å². The molecule has 4 nitrogen and oxygen atoms in total. The molecule has 2 aromatic rings. The van der Waals surface area contributed by atoms with Gasteiger partial charge in [-0.1, -0.05) is 60.7 Å². The van der Waals surface area contributed by atoms with Crippen LogP contribution in [0.5, 0.6) is 0 Å². The largest absolute Gasteiger partial charge is 0.504 e. The first-order valence-electron chi connectivity index (χ1n) is 5.72. The molecule has 0 unspecified atom stereocenters. The number of rotatable bonds is 3. The van der Waals surface area contributed by atoms with E-state index in [-0.39, 0.29) is 5.56 Å². The summed E-state index contributed by atoms with van der Waals surface area (Å²) in [5.74, 6) is -4.12. The highest BCUT2D eigenvalue weighted by atomic mass is 16.5.